The molecule has 3 rings (SSSR count). The molecule has 0 unspecified atom stereocenters. The Balaban J connectivity index is 1.49. The predicted molar refractivity (Wildman–Crippen MR) is 78.1 cm³/mol. The van der Waals surface area contributed by atoms with Gasteiger partial charge in [-0.2, -0.15) is 11.3 Å². The van der Waals surface area contributed by atoms with Crippen LogP contribution < -0.4 is 5.32 Å². The summed E-state index contributed by atoms with van der Waals surface area (Å²) in [6, 6.07) is 7.60. The number of benzene rings is 1. The summed E-state index contributed by atoms with van der Waals surface area (Å²) < 4.78 is 13.1. The van der Waals surface area contributed by atoms with Crippen LogP contribution in [0.2, 0.25) is 0 Å². The topological polar surface area (TPSA) is 12.0 Å². The van der Waals surface area contributed by atoms with E-state index in [1.807, 2.05) is 6.07 Å². The third-order valence-electron chi connectivity index (χ3n) is 4.00. The molecule has 100 valence electrons. The minimum absolute atomic E-state index is 0.122. The molecule has 0 radical (unpaired) electrons. The summed E-state index contributed by atoms with van der Waals surface area (Å²) in [4.78, 5) is 0. The molecule has 1 fully saturated rings. The molecule has 1 saturated carbocycles. The average molecular weight is 275 g/mol. The van der Waals surface area contributed by atoms with Gasteiger partial charge in [0.2, 0.25) is 0 Å². The second-order valence-corrected chi connectivity index (χ2v) is 6.12. The van der Waals surface area contributed by atoms with E-state index in [1.54, 1.807) is 23.5 Å². The highest BCUT2D eigenvalue weighted by Crippen LogP contribution is 2.37. The normalized spacial score (nSPS) is 22.2. The van der Waals surface area contributed by atoms with Crippen molar-refractivity contribution >= 4 is 11.3 Å². The first-order chi connectivity index (χ1) is 9.22. The van der Waals surface area contributed by atoms with E-state index in [1.165, 1.54) is 17.2 Å². The second-order valence-electron chi connectivity index (χ2n) is 5.38. The number of halogens is 1. The Kier molecular flexibility index (Phi) is 3.67. The number of hydrogen-bond acceptors (Lipinski definition) is 2. The minimum Gasteiger partial charge on any atom is -0.310 e. The number of nitrogens with one attached hydrogen (secondary N) is 1. The van der Waals surface area contributed by atoms with E-state index in [2.05, 4.69) is 23.0 Å². The van der Waals surface area contributed by atoms with E-state index in [4.69, 9.17) is 0 Å². The van der Waals surface area contributed by atoms with Crippen molar-refractivity contribution in [3.63, 3.8) is 0 Å². The summed E-state index contributed by atoms with van der Waals surface area (Å²) in [6.07, 6.45) is 2.24. The zero-order valence-electron chi connectivity index (χ0n) is 11.0. The van der Waals surface area contributed by atoms with E-state index < -0.39 is 0 Å². The van der Waals surface area contributed by atoms with Gasteiger partial charge in [0, 0.05) is 12.6 Å². The van der Waals surface area contributed by atoms with Gasteiger partial charge in [-0.15, -0.1) is 0 Å². The molecule has 0 spiro atoms. The third-order valence-corrected chi connectivity index (χ3v) is 4.91. The zero-order valence-corrected chi connectivity index (χ0v) is 11.8. The van der Waals surface area contributed by atoms with Crippen LogP contribution in [-0.2, 0) is 6.54 Å². The number of rotatable bonds is 4. The fraction of sp³-hybridized carbons (Fsp3) is 0.375. The van der Waals surface area contributed by atoms with Crippen molar-refractivity contribution in [2.75, 3.05) is 0 Å². The summed E-state index contributed by atoms with van der Waals surface area (Å²) in [6.45, 7) is 3.11. The Morgan fingerprint density at radius 1 is 1.32 bits per heavy atom. The molecule has 1 aliphatic rings. The van der Waals surface area contributed by atoms with E-state index >= 15 is 0 Å². The molecule has 0 amide bonds. The lowest BCUT2D eigenvalue weighted by Gasteiger charge is -2.36. The molecule has 0 bridgehead atoms. The van der Waals surface area contributed by atoms with Crippen LogP contribution in [-0.4, -0.2) is 6.04 Å². The molecular weight excluding hydrogens is 257 g/mol. The van der Waals surface area contributed by atoms with E-state index in [0.717, 1.165) is 24.9 Å². The van der Waals surface area contributed by atoms with E-state index in [-0.39, 0.29) is 5.82 Å². The maximum absolute atomic E-state index is 13.1. The number of thiophene rings is 1. The Bertz CT molecular complexity index is 557. The molecule has 0 atom stereocenters. The molecule has 1 nitrogen and oxygen atoms in total. The summed E-state index contributed by atoms with van der Waals surface area (Å²) >= 11 is 1.76. The predicted octanol–water partition coefficient (Wildman–Crippen LogP) is 4.23. The first kappa shape index (κ1) is 12.8. The van der Waals surface area contributed by atoms with Gasteiger partial charge in [0.05, 0.1) is 0 Å². The fourth-order valence-corrected chi connectivity index (χ4v) is 3.50. The van der Waals surface area contributed by atoms with Crippen LogP contribution in [0.4, 0.5) is 4.39 Å². The van der Waals surface area contributed by atoms with Gasteiger partial charge in [-0.1, -0.05) is 12.1 Å². The minimum atomic E-state index is -0.122. The molecule has 1 N–H and O–H groups in total. The maximum Gasteiger partial charge on any atom is 0.123 e. The first-order valence-electron chi connectivity index (χ1n) is 6.73. The van der Waals surface area contributed by atoms with Crippen LogP contribution in [0.5, 0.6) is 0 Å². The van der Waals surface area contributed by atoms with Crippen molar-refractivity contribution in [2.24, 2.45) is 0 Å². The third kappa shape index (κ3) is 2.88. The maximum atomic E-state index is 13.1. The monoisotopic (exact) mass is 275 g/mol. The van der Waals surface area contributed by atoms with Crippen LogP contribution in [0.25, 0.3) is 0 Å². The van der Waals surface area contributed by atoms with Crippen molar-refractivity contribution in [2.45, 2.75) is 38.3 Å². The smallest absolute Gasteiger partial charge is 0.123 e. The second kappa shape index (κ2) is 5.43. The molecule has 19 heavy (non-hydrogen) atoms. The van der Waals surface area contributed by atoms with Crippen molar-refractivity contribution in [3.8, 4) is 0 Å². The highest BCUT2D eigenvalue weighted by molar-refractivity contribution is 7.08. The van der Waals surface area contributed by atoms with Crippen LogP contribution in [0.3, 0.4) is 0 Å². The Hall–Kier alpha value is -1.19. The van der Waals surface area contributed by atoms with Crippen molar-refractivity contribution in [1.82, 2.24) is 5.32 Å². The van der Waals surface area contributed by atoms with Crippen LogP contribution in [0.15, 0.2) is 35.0 Å². The fourth-order valence-electron chi connectivity index (χ4n) is 2.64. The van der Waals surface area contributed by atoms with Gasteiger partial charge in [-0.25, -0.2) is 4.39 Å². The number of aryl methyl sites for hydroxylation is 1. The highest BCUT2D eigenvalue weighted by Gasteiger charge is 2.29. The molecule has 2 aromatic rings. The Labute approximate surface area is 117 Å². The molecule has 1 aromatic carbocycles. The molecule has 0 aliphatic heterocycles. The molecule has 1 aromatic heterocycles. The van der Waals surface area contributed by atoms with Crippen LogP contribution in [0, 0.1) is 12.7 Å². The molecule has 3 heteroatoms. The molecule has 0 saturated heterocycles. The lowest BCUT2D eigenvalue weighted by Crippen LogP contribution is -2.39. The SMILES string of the molecule is Cc1cscc1CNC1CC(c2cccc(F)c2)C1. The summed E-state index contributed by atoms with van der Waals surface area (Å²) in [5, 5.41) is 7.99. The van der Waals surface area contributed by atoms with Gasteiger partial charge in [0.1, 0.15) is 5.82 Å². The van der Waals surface area contributed by atoms with E-state index in [9.17, 15) is 4.39 Å². The van der Waals surface area contributed by atoms with Crippen molar-refractivity contribution in [3.05, 3.63) is 57.5 Å². The Morgan fingerprint density at radius 2 is 2.16 bits per heavy atom. The zero-order chi connectivity index (χ0) is 13.2. The van der Waals surface area contributed by atoms with Gasteiger partial charge >= 0.3 is 0 Å². The lowest BCUT2D eigenvalue weighted by atomic mass is 9.76. The van der Waals surface area contributed by atoms with Crippen LogP contribution >= 0.6 is 11.3 Å². The van der Waals surface area contributed by atoms with Gasteiger partial charge in [-0.05, 0) is 65.3 Å². The van der Waals surface area contributed by atoms with Gasteiger partial charge in [0.25, 0.3) is 0 Å². The average Bonchev–Trinajstić information content (AvgIpc) is 2.73. The summed E-state index contributed by atoms with van der Waals surface area (Å²) in [7, 11) is 0. The van der Waals surface area contributed by atoms with Crippen LogP contribution in [0.1, 0.15) is 35.4 Å². The summed E-state index contributed by atoms with van der Waals surface area (Å²) in [5.74, 6) is 0.402. The highest BCUT2D eigenvalue weighted by atomic mass is 32.1. The number of hydrogen-bond donors (Lipinski definition) is 1. The van der Waals surface area contributed by atoms with Gasteiger partial charge in [-0.3, -0.25) is 0 Å². The van der Waals surface area contributed by atoms with Gasteiger partial charge < -0.3 is 5.32 Å². The first-order valence-corrected chi connectivity index (χ1v) is 7.67. The van der Waals surface area contributed by atoms with Gasteiger partial charge in [0.15, 0.2) is 0 Å². The summed E-state index contributed by atoms with van der Waals surface area (Å²) in [5.41, 5.74) is 3.92. The molecule has 1 heterocycles. The quantitative estimate of drug-likeness (QED) is 0.880. The largest absolute Gasteiger partial charge is 0.310 e. The Morgan fingerprint density at radius 3 is 2.84 bits per heavy atom. The van der Waals surface area contributed by atoms with E-state index in [0.29, 0.717) is 12.0 Å². The van der Waals surface area contributed by atoms with Crippen molar-refractivity contribution in [1.29, 1.82) is 0 Å². The lowest BCUT2D eigenvalue weighted by molar-refractivity contribution is 0.289. The van der Waals surface area contributed by atoms with Crippen molar-refractivity contribution < 1.29 is 4.39 Å². The molecule has 1 aliphatic carbocycles. The standard InChI is InChI=1S/C16H18FNS/c1-11-9-19-10-14(11)8-18-16-6-13(7-16)12-3-2-4-15(17)5-12/h2-5,9-10,13,16,18H,6-8H2,1H3. The molecular formula is C16H18FNS.